The molecule has 0 spiro atoms. The fraction of sp³-hybridized carbons (Fsp3) is 0.0455. The molecule has 3 heterocycles. The molecule has 7 heteroatoms. The number of hydrogen-bond donors (Lipinski definition) is 1. The standard InChI is InChI=1S/C22H15FN4O2/c1-29-18-7-6-12(10-16(18)23)20-14-8-9-27-21(14)19(15(11-25-27)22(24)28)13-4-2-3-5-17(13)26-20/h2-11H,1H3,(H2,24,28). The SMILES string of the molecule is COc1ccc(C2=Nc3ccccc3-c3c(C(N)=O)cnn4ccc2c34)cc1F. The monoisotopic (exact) mass is 386 g/mol. The van der Waals surface area contributed by atoms with E-state index in [-0.39, 0.29) is 5.75 Å². The first-order valence-electron chi connectivity index (χ1n) is 8.91. The molecule has 2 N–H and O–H groups in total. The van der Waals surface area contributed by atoms with E-state index >= 15 is 0 Å². The van der Waals surface area contributed by atoms with Crippen LogP contribution >= 0.6 is 0 Å². The molecule has 1 aliphatic heterocycles. The average molecular weight is 386 g/mol. The van der Waals surface area contributed by atoms with Gasteiger partial charge in [0.1, 0.15) is 0 Å². The summed E-state index contributed by atoms with van der Waals surface area (Å²) in [6.07, 6.45) is 3.24. The number of amides is 1. The van der Waals surface area contributed by atoms with Crippen LogP contribution in [0, 0.1) is 5.82 Å². The maximum atomic E-state index is 14.4. The second-order valence-corrected chi connectivity index (χ2v) is 6.65. The third-order valence-electron chi connectivity index (χ3n) is 5.04. The molecule has 29 heavy (non-hydrogen) atoms. The Kier molecular flexibility index (Phi) is 3.70. The Morgan fingerprint density at radius 3 is 2.72 bits per heavy atom. The topological polar surface area (TPSA) is 82.0 Å². The van der Waals surface area contributed by atoms with Crippen molar-refractivity contribution in [2.75, 3.05) is 7.11 Å². The molecule has 1 aliphatic rings. The number of carbonyl (C=O) groups excluding carboxylic acids is 1. The van der Waals surface area contributed by atoms with Crippen LogP contribution in [-0.4, -0.2) is 28.3 Å². The quantitative estimate of drug-likeness (QED) is 0.513. The van der Waals surface area contributed by atoms with Crippen molar-refractivity contribution in [2.45, 2.75) is 0 Å². The molecule has 0 radical (unpaired) electrons. The predicted molar refractivity (Wildman–Crippen MR) is 107 cm³/mol. The highest BCUT2D eigenvalue weighted by Crippen LogP contribution is 2.40. The minimum absolute atomic E-state index is 0.156. The number of aromatic nitrogens is 2. The summed E-state index contributed by atoms with van der Waals surface area (Å²) in [5.41, 5.74) is 10.6. The van der Waals surface area contributed by atoms with Crippen molar-refractivity contribution < 1.29 is 13.9 Å². The highest BCUT2D eigenvalue weighted by molar-refractivity contribution is 6.22. The van der Waals surface area contributed by atoms with Crippen molar-refractivity contribution in [2.24, 2.45) is 10.7 Å². The molecule has 142 valence electrons. The van der Waals surface area contributed by atoms with Gasteiger partial charge < -0.3 is 10.5 Å². The number of hydrogen-bond acceptors (Lipinski definition) is 4. The molecule has 0 saturated heterocycles. The largest absolute Gasteiger partial charge is 0.494 e. The smallest absolute Gasteiger partial charge is 0.251 e. The highest BCUT2D eigenvalue weighted by atomic mass is 19.1. The van der Waals surface area contributed by atoms with Crippen molar-refractivity contribution >= 4 is 22.8 Å². The number of primary amides is 1. The molecule has 5 rings (SSSR count). The molecule has 4 aromatic rings. The van der Waals surface area contributed by atoms with Crippen LogP contribution in [0.5, 0.6) is 5.75 Å². The van der Waals surface area contributed by atoms with Crippen LogP contribution in [0.2, 0.25) is 0 Å². The molecule has 1 amide bonds. The lowest BCUT2D eigenvalue weighted by atomic mass is 9.96. The number of para-hydroxylation sites is 1. The van der Waals surface area contributed by atoms with Crippen molar-refractivity contribution in [3.05, 3.63) is 83.4 Å². The summed E-state index contributed by atoms with van der Waals surface area (Å²) in [6.45, 7) is 0. The molecule has 0 aliphatic carbocycles. The number of ether oxygens (including phenoxy) is 1. The van der Waals surface area contributed by atoms with Gasteiger partial charge in [0.2, 0.25) is 0 Å². The molecular formula is C22H15FN4O2. The molecule has 2 aromatic carbocycles. The first-order valence-corrected chi connectivity index (χ1v) is 8.91. The minimum atomic E-state index is -0.573. The Labute approximate surface area is 165 Å². The van der Waals surface area contributed by atoms with Crippen LogP contribution in [0.4, 0.5) is 10.1 Å². The summed E-state index contributed by atoms with van der Waals surface area (Å²) in [5, 5.41) is 4.32. The van der Waals surface area contributed by atoms with E-state index in [9.17, 15) is 9.18 Å². The zero-order valence-corrected chi connectivity index (χ0v) is 15.4. The number of aliphatic imine (C=N–C) groups is 1. The third-order valence-corrected chi connectivity index (χ3v) is 5.04. The average Bonchev–Trinajstić information content (AvgIpc) is 3.09. The van der Waals surface area contributed by atoms with E-state index in [0.717, 1.165) is 11.1 Å². The van der Waals surface area contributed by atoms with Crippen LogP contribution in [0.15, 0.2) is 65.9 Å². The summed E-state index contributed by atoms with van der Waals surface area (Å²) >= 11 is 0. The lowest BCUT2D eigenvalue weighted by Gasteiger charge is -2.10. The third kappa shape index (κ3) is 2.51. The maximum Gasteiger partial charge on any atom is 0.251 e. The Balaban J connectivity index is 1.89. The number of nitrogens with two attached hydrogens (primary N) is 1. The zero-order valence-electron chi connectivity index (χ0n) is 15.4. The minimum Gasteiger partial charge on any atom is -0.494 e. The number of methoxy groups -OCH3 is 1. The van der Waals surface area contributed by atoms with Gasteiger partial charge >= 0.3 is 0 Å². The van der Waals surface area contributed by atoms with E-state index in [1.54, 1.807) is 22.8 Å². The van der Waals surface area contributed by atoms with Crippen LogP contribution in [0.1, 0.15) is 21.5 Å². The second kappa shape index (κ2) is 6.27. The van der Waals surface area contributed by atoms with Gasteiger partial charge in [0.05, 0.1) is 35.8 Å². The second-order valence-electron chi connectivity index (χ2n) is 6.65. The van der Waals surface area contributed by atoms with Gasteiger partial charge in [0.25, 0.3) is 5.91 Å². The number of halogens is 1. The van der Waals surface area contributed by atoms with Gasteiger partial charge in [0.15, 0.2) is 11.6 Å². The molecule has 2 aromatic heterocycles. The first-order chi connectivity index (χ1) is 14.1. The molecule has 0 unspecified atom stereocenters. The van der Waals surface area contributed by atoms with E-state index in [0.29, 0.717) is 33.6 Å². The Morgan fingerprint density at radius 2 is 1.97 bits per heavy atom. The van der Waals surface area contributed by atoms with E-state index in [1.807, 2.05) is 30.3 Å². The molecule has 0 fully saturated rings. The molecule has 0 saturated carbocycles. The molecule has 6 nitrogen and oxygen atoms in total. The van der Waals surface area contributed by atoms with E-state index in [2.05, 4.69) is 5.10 Å². The fourth-order valence-corrected chi connectivity index (χ4v) is 3.73. The van der Waals surface area contributed by atoms with Gasteiger partial charge in [-0.05, 0) is 30.3 Å². The summed E-state index contributed by atoms with van der Waals surface area (Å²) in [7, 11) is 1.42. The van der Waals surface area contributed by atoms with Gasteiger partial charge in [-0.25, -0.2) is 13.9 Å². The molecular weight excluding hydrogens is 371 g/mol. The van der Waals surface area contributed by atoms with E-state index < -0.39 is 11.7 Å². The van der Waals surface area contributed by atoms with Crippen LogP contribution in [0.3, 0.4) is 0 Å². The maximum absolute atomic E-state index is 14.4. The molecule has 0 bridgehead atoms. The van der Waals surface area contributed by atoms with Crippen molar-refractivity contribution in [1.29, 1.82) is 0 Å². The number of carbonyl (C=O) groups is 1. The lowest BCUT2D eigenvalue weighted by Crippen LogP contribution is -2.14. The van der Waals surface area contributed by atoms with Crippen molar-refractivity contribution in [3.8, 4) is 16.9 Å². The Hall–Kier alpha value is -4.00. The summed E-state index contributed by atoms with van der Waals surface area (Å²) in [5.74, 6) is -0.899. The van der Waals surface area contributed by atoms with Gasteiger partial charge in [-0.3, -0.25) is 4.79 Å². The number of nitrogens with zero attached hydrogens (tertiary/aromatic N) is 3. The summed E-state index contributed by atoms with van der Waals surface area (Å²) < 4.78 is 21.1. The van der Waals surface area contributed by atoms with Gasteiger partial charge in [-0.1, -0.05) is 18.2 Å². The highest BCUT2D eigenvalue weighted by Gasteiger charge is 2.26. The van der Waals surface area contributed by atoms with Crippen molar-refractivity contribution in [1.82, 2.24) is 9.61 Å². The number of benzene rings is 2. The zero-order chi connectivity index (χ0) is 20.1. The van der Waals surface area contributed by atoms with Crippen LogP contribution < -0.4 is 10.5 Å². The molecule has 0 atom stereocenters. The number of fused-ring (bicyclic) bond motifs is 2. The Bertz CT molecular complexity index is 1340. The van der Waals surface area contributed by atoms with E-state index in [1.165, 1.54) is 19.4 Å². The Morgan fingerprint density at radius 1 is 1.14 bits per heavy atom. The summed E-state index contributed by atoms with van der Waals surface area (Å²) in [4.78, 5) is 17.0. The normalized spacial score (nSPS) is 12.3. The van der Waals surface area contributed by atoms with Crippen LogP contribution in [0.25, 0.3) is 16.6 Å². The van der Waals surface area contributed by atoms with Gasteiger partial charge in [-0.2, -0.15) is 5.10 Å². The van der Waals surface area contributed by atoms with E-state index in [4.69, 9.17) is 15.5 Å². The predicted octanol–water partition coefficient (Wildman–Crippen LogP) is 3.73. The number of rotatable bonds is 3. The fourth-order valence-electron chi connectivity index (χ4n) is 3.73. The van der Waals surface area contributed by atoms with Gasteiger partial charge in [0, 0.05) is 28.5 Å². The van der Waals surface area contributed by atoms with Crippen LogP contribution in [-0.2, 0) is 0 Å². The summed E-state index contributed by atoms with van der Waals surface area (Å²) in [6, 6.07) is 14.0. The van der Waals surface area contributed by atoms with Gasteiger partial charge in [-0.15, -0.1) is 0 Å². The first kappa shape index (κ1) is 17.1. The van der Waals surface area contributed by atoms with Crippen molar-refractivity contribution in [3.63, 3.8) is 0 Å². The lowest BCUT2D eigenvalue weighted by molar-refractivity contribution is 0.100.